The lowest BCUT2D eigenvalue weighted by atomic mass is 10.2. The van der Waals surface area contributed by atoms with E-state index in [0.29, 0.717) is 5.37 Å². The highest BCUT2D eigenvalue weighted by molar-refractivity contribution is 8.03. The third kappa shape index (κ3) is 1.48. The third-order valence-corrected chi connectivity index (χ3v) is 3.37. The smallest absolute Gasteiger partial charge is 0.0786 e. The topological polar surface area (TPSA) is 12.0 Å². The lowest BCUT2D eigenvalue weighted by Crippen LogP contribution is -2.24. The molecule has 1 aliphatic rings. The molecule has 1 heterocycles. The molecule has 0 radical (unpaired) electrons. The van der Waals surface area contributed by atoms with Gasteiger partial charge in [-0.3, -0.25) is 0 Å². The summed E-state index contributed by atoms with van der Waals surface area (Å²) in [4.78, 5) is 1.44. The SMILES string of the molecule is CC1=C(C)SC(C(C)C)N1. The second kappa shape index (κ2) is 2.87. The van der Waals surface area contributed by atoms with Gasteiger partial charge in [0, 0.05) is 10.6 Å². The van der Waals surface area contributed by atoms with Crippen LogP contribution in [0.1, 0.15) is 27.7 Å². The van der Waals surface area contributed by atoms with Gasteiger partial charge in [-0.15, -0.1) is 11.8 Å². The standard InChI is InChI=1S/C8H15NS/c1-5(2)8-9-6(3)7(4)10-8/h5,8-9H,1-4H3. The molecule has 10 heavy (non-hydrogen) atoms. The van der Waals surface area contributed by atoms with Crippen LogP contribution < -0.4 is 5.32 Å². The van der Waals surface area contributed by atoms with Crippen LogP contribution in [0.25, 0.3) is 0 Å². The zero-order valence-electron chi connectivity index (χ0n) is 7.06. The molecular weight excluding hydrogens is 142 g/mol. The van der Waals surface area contributed by atoms with E-state index in [1.807, 2.05) is 11.8 Å². The molecule has 0 saturated carbocycles. The predicted molar refractivity (Wildman–Crippen MR) is 47.7 cm³/mol. The molecule has 1 nitrogen and oxygen atoms in total. The second-order valence-corrected chi connectivity index (χ2v) is 4.46. The Labute approximate surface area is 67.3 Å². The van der Waals surface area contributed by atoms with Crippen LogP contribution in [-0.4, -0.2) is 5.37 Å². The Morgan fingerprint density at radius 2 is 2.00 bits per heavy atom. The summed E-state index contributed by atoms with van der Waals surface area (Å²) in [6, 6.07) is 0. The highest BCUT2D eigenvalue weighted by Crippen LogP contribution is 2.32. The maximum absolute atomic E-state index is 3.45. The van der Waals surface area contributed by atoms with Crippen molar-refractivity contribution in [2.24, 2.45) is 5.92 Å². The first-order valence-electron chi connectivity index (χ1n) is 3.72. The highest BCUT2D eigenvalue weighted by atomic mass is 32.2. The lowest BCUT2D eigenvalue weighted by Gasteiger charge is -2.14. The summed E-state index contributed by atoms with van der Waals surface area (Å²) in [6.07, 6.45) is 0. The summed E-state index contributed by atoms with van der Waals surface area (Å²) in [7, 11) is 0. The molecule has 1 unspecified atom stereocenters. The predicted octanol–water partition coefficient (Wildman–Crippen LogP) is 2.56. The maximum Gasteiger partial charge on any atom is 0.0786 e. The van der Waals surface area contributed by atoms with Gasteiger partial charge >= 0.3 is 0 Å². The van der Waals surface area contributed by atoms with Crippen LogP contribution in [0.4, 0.5) is 0 Å². The molecular formula is C8H15NS. The minimum Gasteiger partial charge on any atom is -0.376 e. The van der Waals surface area contributed by atoms with Crippen molar-refractivity contribution in [3.8, 4) is 0 Å². The number of rotatable bonds is 1. The fourth-order valence-corrected chi connectivity index (χ4v) is 2.05. The van der Waals surface area contributed by atoms with E-state index in [2.05, 4.69) is 33.0 Å². The van der Waals surface area contributed by atoms with Gasteiger partial charge in [-0.25, -0.2) is 0 Å². The van der Waals surface area contributed by atoms with Crippen molar-refractivity contribution in [2.75, 3.05) is 0 Å². The normalized spacial score (nSPS) is 25.9. The van der Waals surface area contributed by atoms with Crippen LogP contribution in [-0.2, 0) is 0 Å². The number of nitrogens with one attached hydrogen (secondary N) is 1. The minimum atomic E-state index is 0.611. The van der Waals surface area contributed by atoms with Crippen molar-refractivity contribution in [3.63, 3.8) is 0 Å². The van der Waals surface area contributed by atoms with E-state index in [1.165, 1.54) is 10.6 Å². The van der Waals surface area contributed by atoms with Gasteiger partial charge in [0.05, 0.1) is 5.37 Å². The molecule has 1 rings (SSSR count). The quantitative estimate of drug-likeness (QED) is 0.628. The summed E-state index contributed by atoms with van der Waals surface area (Å²) in [6.45, 7) is 8.81. The van der Waals surface area contributed by atoms with Crippen LogP contribution in [0.5, 0.6) is 0 Å². The molecule has 1 atom stereocenters. The molecule has 0 aromatic heterocycles. The van der Waals surface area contributed by atoms with Gasteiger partial charge in [0.2, 0.25) is 0 Å². The Hall–Kier alpha value is -0.110. The second-order valence-electron chi connectivity index (χ2n) is 3.11. The number of hydrogen-bond donors (Lipinski definition) is 1. The Bertz CT molecular complexity index is 147. The Morgan fingerprint density at radius 1 is 1.40 bits per heavy atom. The zero-order chi connectivity index (χ0) is 7.72. The molecule has 0 aromatic carbocycles. The first-order valence-corrected chi connectivity index (χ1v) is 4.60. The first kappa shape index (κ1) is 7.99. The average molecular weight is 157 g/mol. The Kier molecular flexibility index (Phi) is 2.29. The van der Waals surface area contributed by atoms with Crippen molar-refractivity contribution in [3.05, 3.63) is 10.6 Å². The molecule has 0 amide bonds. The van der Waals surface area contributed by atoms with Crippen molar-refractivity contribution in [2.45, 2.75) is 33.1 Å². The molecule has 0 aliphatic carbocycles. The molecule has 58 valence electrons. The minimum absolute atomic E-state index is 0.611. The molecule has 0 aromatic rings. The van der Waals surface area contributed by atoms with Crippen LogP contribution in [0.3, 0.4) is 0 Å². The summed E-state index contributed by atoms with van der Waals surface area (Å²) in [5.74, 6) is 0.720. The summed E-state index contributed by atoms with van der Waals surface area (Å²) >= 11 is 1.95. The number of thioether (sulfide) groups is 1. The van der Waals surface area contributed by atoms with Gasteiger partial charge in [-0.2, -0.15) is 0 Å². The van der Waals surface area contributed by atoms with Crippen LogP contribution in [0.15, 0.2) is 10.6 Å². The monoisotopic (exact) mass is 157 g/mol. The van der Waals surface area contributed by atoms with Gasteiger partial charge < -0.3 is 5.32 Å². The Balaban J connectivity index is 2.51. The largest absolute Gasteiger partial charge is 0.376 e. The number of allylic oxidation sites excluding steroid dienone is 2. The molecule has 1 N–H and O–H groups in total. The third-order valence-electron chi connectivity index (χ3n) is 1.80. The first-order chi connectivity index (χ1) is 4.61. The fourth-order valence-electron chi connectivity index (χ4n) is 0.926. The van der Waals surface area contributed by atoms with Gasteiger partial charge in [0.25, 0.3) is 0 Å². The molecule has 0 spiro atoms. The number of hydrogen-bond acceptors (Lipinski definition) is 2. The summed E-state index contributed by atoms with van der Waals surface area (Å²) in [5, 5.41) is 4.06. The van der Waals surface area contributed by atoms with Crippen LogP contribution in [0.2, 0.25) is 0 Å². The molecule has 1 aliphatic heterocycles. The fraction of sp³-hybridized carbons (Fsp3) is 0.750. The van der Waals surface area contributed by atoms with Crippen molar-refractivity contribution < 1.29 is 0 Å². The van der Waals surface area contributed by atoms with Crippen LogP contribution in [0, 0.1) is 5.92 Å². The average Bonchev–Trinajstić information content (AvgIpc) is 2.13. The van der Waals surface area contributed by atoms with Crippen molar-refractivity contribution in [1.82, 2.24) is 5.32 Å². The Morgan fingerprint density at radius 3 is 2.20 bits per heavy atom. The molecule has 0 fully saturated rings. The van der Waals surface area contributed by atoms with E-state index in [0.717, 1.165) is 5.92 Å². The summed E-state index contributed by atoms with van der Waals surface area (Å²) in [5.41, 5.74) is 1.35. The van der Waals surface area contributed by atoms with Crippen molar-refractivity contribution >= 4 is 11.8 Å². The molecule has 2 heteroatoms. The molecule has 0 saturated heterocycles. The lowest BCUT2D eigenvalue weighted by molar-refractivity contribution is 0.563. The summed E-state index contributed by atoms with van der Waals surface area (Å²) < 4.78 is 0. The van der Waals surface area contributed by atoms with Gasteiger partial charge in [0.15, 0.2) is 0 Å². The van der Waals surface area contributed by atoms with E-state index in [-0.39, 0.29) is 0 Å². The van der Waals surface area contributed by atoms with Crippen molar-refractivity contribution in [1.29, 1.82) is 0 Å². The zero-order valence-corrected chi connectivity index (χ0v) is 7.88. The van der Waals surface area contributed by atoms with Gasteiger partial charge in [-0.1, -0.05) is 13.8 Å². The van der Waals surface area contributed by atoms with Gasteiger partial charge in [-0.05, 0) is 19.8 Å². The van der Waals surface area contributed by atoms with Gasteiger partial charge in [0.1, 0.15) is 0 Å². The van der Waals surface area contributed by atoms with E-state index in [1.54, 1.807) is 0 Å². The highest BCUT2D eigenvalue weighted by Gasteiger charge is 2.20. The molecule has 0 bridgehead atoms. The van der Waals surface area contributed by atoms with E-state index < -0.39 is 0 Å². The van der Waals surface area contributed by atoms with Crippen LogP contribution >= 0.6 is 11.8 Å². The maximum atomic E-state index is 3.45. The van der Waals surface area contributed by atoms with E-state index in [4.69, 9.17) is 0 Å². The van der Waals surface area contributed by atoms with E-state index >= 15 is 0 Å². The van der Waals surface area contributed by atoms with E-state index in [9.17, 15) is 0 Å².